The second-order valence-electron chi connectivity index (χ2n) is 4.24. The van der Waals surface area contributed by atoms with Gasteiger partial charge in [-0.15, -0.1) is 0 Å². The monoisotopic (exact) mass is 315 g/mol. The van der Waals surface area contributed by atoms with Crippen molar-refractivity contribution in [2.75, 3.05) is 0 Å². The minimum atomic E-state index is -0.143. The molecule has 0 unspecified atom stereocenters. The summed E-state index contributed by atoms with van der Waals surface area (Å²) < 4.78 is 0. The summed E-state index contributed by atoms with van der Waals surface area (Å²) in [5.41, 5.74) is 1.66. The fourth-order valence-electron chi connectivity index (χ4n) is 1.80. The topological polar surface area (TPSA) is 54.4 Å². The molecule has 2 heterocycles. The summed E-state index contributed by atoms with van der Waals surface area (Å²) in [5.74, 6) is 0.532. The molecule has 0 atom stereocenters. The SMILES string of the molecule is O=C1NC(=Nc2cccc(Cl)c2)/C(=C/c2ccncc2)S1. The standard InChI is InChI=1S/C15H10ClN3OS/c16-11-2-1-3-12(9-11)18-14-13(21-15(20)19-14)8-10-4-6-17-7-5-10/h1-9H,(H,18,19,20)/b13-8-. The number of aromatic nitrogens is 1. The quantitative estimate of drug-likeness (QED) is 0.900. The van der Waals surface area contributed by atoms with E-state index in [4.69, 9.17) is 11.6 Å². The molecule has 0 spiro atoms. The number of pyridine rings is 1. The third-order valence-electron chi connectivity index (χ3n) is 2.71. The summed E-state index contributed by atoms with van der Waals surface area (Å²) in [6.45, 7) is 0. The van der Waals surface area contributed by atoms with E-state index in [1.54, 1.807) is 24.5 Å². The molecule has 1 aliphatic heterocycles. The van der Waals surface area contributed by atoms with Crippen LogP contribution in [0.15, 0.2) is 58.7 Å². The lowest BCUT2D eigenvalue weighted by Crippen LogP contribution is -2.18. The number of thioether (sulfide) groups is 1. The van der Waals surface area contributed by atoms with Crippen LogP contribution in [0.5, 0.6) is 0 Å². The van der Waals surface area contributed by atoms with Crippen molar-refractivity contribution in [2.45, 2.75) is 0 Å². The van der Waals surface area contributed by atoms with Crippen molar-refractivity contribution in [1.29, 1.82) is 0 Å². The lowest BCUT2D eigenvalue weighted by molar-refractivity contribution is 0.265. The highest BCUT2D eigenvalue weighted by Crippen LogP contribution is 2.28. The molecule has 1 aromatic carbocycles. The first-order valence-electron chi connectivity index (χ1n) is 6.16. The Balaban J connectivity index is 1.96. The fraction of sp³-hybridized carbons (Fsp3) is 0. The number of amidine groups is 1. The van der Waals surface area contributed by atoms with E-state index in [1.807, 2.05) is 30.3 Å². The highest BCUT2D eigenvalue weighted by Gasteiger charge is 2.23. The number of amides is 1. The Labute approximate surface area is 131 Å². The molecule has 1 N–H and O–H groups in total. The number of hydrogen-bond donors (Lipinski definition) is 1. The minimum absolute atomic E-state index is 0.143. The maximum atomic E-state index is 11.6. The van der Waals surface area contributed by atoms with Gasteiger partial charge in [-0.1, -0.05) is 17.7 Å². The maximum absolute atomic E-state index is 11.6. The lowest BCUT2D eigenvalue weighted by Gasteiger charge is -2.00. The van der Waals surface area contributed by atoms with Gasteiger partial charge >= 0.3 is 0 Å². The lowest BCUT2D eigenvalue weighted by atomic mass is 10.2. The first-order chi connectivity index (χ1) is 10.2. The Bertz CT molecular complexity index is 744. The van der Waals surface area contributed by atoms with E-state index in [1.165, 1.54) is 0 Å². The smallest absolute Gasteiger partial charge is 0.289 e. The van der Waals surface area contributed by atoms with Gasteiger partial charge in [0.05, 0.1) is 10.6 Å². The summed E-state index contributed by atoms with van der Waals surface area (Å²) in [6, 6.07) is 10.9. The van der Waals surface area contributed by atoms with Crippen LogP contribution in [0.1, 0.15) is 5.56 Å². The summed E-state index contributed by atoms with van der Waals surface area (Å²) in [6.07, 6.45) is 5.30. The van der Waals surface area contributed by atoms with E-state index in [0.29, 0.717) is 16.5 Å². The molecule has 0 aliphatic carbocycles. The highest BCUT2D eigenvalue weighted by molar-refractivity contribution is 8.18. The molecule has 2 aromatic rings. The van der Waals surface area contributed by atoms with Crippen LogP contribution in [-0.2, 0) is 0 Å². The van der Waals surface area contributed by atoms with Crippen LogP contribution in [0.25, 0.3) is 6.08 Å². The first kappa shape index (κ1) is 13.9. The number of halogens is 1. The summed E-state index contributed by atoms with van der Waals surface area (Å²) in [4.78, 5) is 20.8. The fourth-order valence-corrected chi connectivity index (χ4v) is 2.72. The van der Waals surface area contributed by atoms with Crippen molar-refractivity contribution in [3.63, 3.8) is 0 Å². The van der Waals surface area contributed by atoms with Crippen molar-refractivity contribution < 1.29 is 4.79 Å². The van der Waals surface area contributed by atoms with Gasteiger partial charge in [-0.25, -0.2) is 4.99 Å². The van der Waals surface area contributed by atoms with Crippen LogP contribution >= 0.6 is 23.4 Å². The van der Waals surface area contributed by atoms with E-state index in [0.717, 1.165) is 22.2 Å². The predicted molar refractivity (Wildman–Crippen MR) is 86.9 cm³/mol. The maximum Gasteiger partial charge on any atom is 0.289 e. The summed E-state index contributed by atoms with van der Waals surface area (Å²) >= 11 is 7.06. The Morgan fingerprint density at radius 1 is 1.24 bits per heavy atom. The van der Waals surface area contributed by atoms with E-state index in [-0.39, 0.29) is 5.24 Å². The predicted octanol–water partition coefficient (Wildman–Crippen LogP) is 4.26. The molecule has 3 rings (SSSR count). The average Bonchev–Trinajstić information content (AvgIpc) is 2.80. The van der Waals surface area contributed by atoms with Gasteiger partial charge in [0.25, 0.3) is 5.24 Å². The number of benzene rings is 1. The molecule has 0 bridgehead atoms. The summed E-state index contributed by atoms with van der Waals surface area (Å²) in [5, 5.41) is 3.20. The molecule has 104 valence electrons. The second-order valence-corrected chi connectivity index (χ2v) is 5.70. The zero-order valence-corrected chi connectivity index (χ0v) is 12.4. The molecule has 1 fully saturated rings. The number of carbonyl (C=O) groups excluding carboxylic acids is 1. The molecule has 1 aromatic heterocycles. The number of carbonyl (C=O) groups is 1. The number of rotatable bonds is 2. The van der Waals surface area contributed by atoms with E-state index < -0.39 is 0 Å². The van der Waals surface area contributed by atoms with Gasteiger partial charge in [-0.05, 0) is 53.7 Å². The van der Waals surface area contributed by atoms with Gasteiger partial charge in [0, 0.05) is 17.4 Å². The Kier molecular flexibility index (Phi) is 4.03. The van der Waals surface area contributed by atoms with Gasteiger partial charge in [-0.3, -0.25) is 9.78 Å². The second kappa shape index (κ2) is 6.11. The molecular formula is C15H10ClN3OS. The number of nitrogens with one attached hydrogen (secondary N) is 1. The van der Waals surface area contributed by atoms with Crippen LogP contribution < -0.4 is 5.32 Å². The molecule has 1 saturated heterocycles. The third-order valence-corrected chi connectivity index (χ3v) is 3.76. The summed E-state index contributed by atoms with van der Waals surface area (Å²) in [7, 11) is 0. The van der Waals surface area contributed by atoms with Gasteiger partial charge in [0.1, 0.15) is 5.84 Å². The third kappa shape index (κ3) is 3.51. The van der Waals surface area contributed by atoms with Gasteiger partial charge in [-0.2, -0.15) is 0 Å². The molecule has 0 saturated carbocycles. The van der Waals surface area contributed by atoms with Crippen molar-refractivity contribution >= 4 is 46.2 Å². The van der Waals surface area contributed by atoms with Crippen molar-refractivity contribution in [2.24, 2.45) is 4.99 Å². The zero-order chi connectivity index (χ0) is 14.7. The van der Waals surface area contributed by atoms with Crippen molar-refractivity contribution in [1.82, 2.24) is 10.3 Å². The van der Waals surface area contributed by atoms with Crippen LogP contribution in [0.4, 0.5) is 10.5 Å². The van der Waals surface area contributed by atoms with Crippen LogP contribution in [0.3, 0.4) is 0 Å². The van der Waals surface area contributed by atoms with Crippen molar-refractivity contribution in [3.05, 3.63) is 64.3 Å². The molecule has 4 nitrogen and oxygen atoms in total. The number of aliphatic imine (C=N–C) groups is 1. The zero-order valence-electron chi connectivity index (χ0n) is 10.8. The Hall–Kier alpha value is -2.11. The molecule has 0 radical (unpaired) electrons. The Morgan fingerprint density at radius 2 is 2.05 bits per heavy atom. The van der Waals surface area contributed by atoms with E-state index >= 15 is 0 Å². The molecule has 1 aliphatic rings. The molecule has 6 heteroatoms. The van der Waals surface area contributed by atoms with Crippen LogP contribution in [0.2, 0.25) is 5.02 Å². The molecule has 1 amide bonds. The van der Waals surface area contributed by atoms with Gasteiger partial charge in [0.15, 0.2) is 0 Å². The minimum Gasteiger partial charge on any atom is -0.300 e. The van der Waals surface area contributed by atoms with Crippen molar-refractivity contribution in [3.8, 4) is 0 Å². The van der Waals surface area contributed by atoms with Gasteiger partial charge < -0.3 is 5.32 Å². The number of hydrogen-bond acceptors (Lipinski definition) is 4. The Morgan fingerprint density at radius 3 is 2.81 bits per heavy atom. The first-order valence-corrected chi connectivity index (χ1v) is 7.35. The van der Waals surface area contributed by atoms with Crippen LogP contribution in [-0.4, -0.2) is 16.1 Å². The average molecular weight is 316 g/mol. The van der Waals surface area contributed by atoms with Crippen LogP contribution in [0, 0.1) is 0 Å². The van der Waals surface area contributed by atoms with E-state index in [9.17, 15) is 4.79 Å². The van der Waals surface area contributed by atoms with E-state index in [2.05, 4.69) is 15.3 Å². The molecule has 21 heavy (non-hydrogen) atoms. The molecular weight excluding hydrogens is 306 g/mol. The normalized spacial score (nSPS) is 18.2. The largest absolute Gasteiger partial charge is 0.300 e. The highest BCUT2D eigenvalue weighted by atomic mass is 35.5. The van der Waals surface area contributed by atoms with Gasteiger partial charge in [0.2, 0.25) is 0 Å². The number of nitrogens with zero attached hydrogens (tertiary/aromatic N) is 2.